The summed E-state index contributed by atoms with van der Waals surface area (Å²) in [6.07, 6.45) is 4.58. The molecule has 3 N–H and O–H groups in total. The molecule has 0 aliphatic heterocycles. The van der Waals surface area contributed by atoms with E-state index in [0.29, 0.717) is 29.7 Å². The quantitative estimate of drug-likeness (QED) is 0.391. The van der Waals surface area contributed by atoms with E-state index in [1.807, 2.05) is 0 Å². The summed E-state index contributed by atoms with van der Waals surface area (Å²) in [7, 11) is 0. The molecule has 0 spiro atoms. The molecule has 3 amide bonds. The van der Waals surface area contributed by atoms with Crippen molar-refractivity contribution in [2.75, 3.05) is 16.0 Å². The second kappa shape index (κ2) is 9.61. The lowest BCUT2D eigenvalue weighted by atomic mass is 10.1. The Morgan fingerprint density at radius 1 is 1.03 bits per heavy atom. The lowest BCUT2D eigenvalue weighted by Crippen LogP contribution is -2.21. The van der Waals surface area contributed by atoms with Crippen LogP contribution in [0.2, 0.25) is 0 Å². The van der Waals surface area contributed by atoms with Crippen LogP contribution in [0.4, 0.5) is 35.2 Å². The number of hydrogen-bond donors (Lipinski definition) is 3. The van der Waals surface area contributed by atoms with Crippen molar-refractivity contribution in [3.8, 4) is 11.6 Å². The summed E-state index contributed by atoms with van der Waals surface area (Å²) in [6, 6.07) is 6.61. The highest BCUT2D eigenvalue weighted by atomic mass is 19.3. The van der Waals surface area contributed by atoms with Crippen LogP contribution >= 0.6 is 0 Å². The number of aromatic nitrogens is 2. The normalized spacial score (nSPS) is 13.2. The van der Waals surface area contributed by atoms with Gasteiger partial charge in [0.25, 0.3) is 5.92 Å². The summed E-state index contributed by atoms with van der Waals surface area (Å²) >= 11 is 0. The molecule has 0 bridgehead atoms. The second-order valence-electron chi connectivity index (χ2n) is 8.24. The van der Waals surface area contributed by atoms with E-state index in [0.717, 1.165) is 31.0 Å². The third-order valence-corrected chi connectivity index (χ3v) is 5.21. The molecule has 1 aliphatic carbocycles. The highest BCUT2D eigenvalue weighted by molar-refractivity contribution is 6.00. The van der Waals surface area contributed by atoms with Gasteiger partial charge < -0.3 is 20.7 Å². The summed E-state index contributed by atoms with van der Waals surface area (Å²) in [6.45, 7) is 2.37. The van der Waals surface area contributed by atoms with Crippen LogP contribution < -0.4 is 20.7 Å². The molecule has 2 heterocycles. The van der Waals surface area contributed by atoms with Gasteiger partial charge in [-0.1, -0.05) is 6.07 Å². The number of urea groups is 1. The van der Waals surface area contributed by atoms with Crippen LogP contribution in [-0.2, 0) is 10.7 Å². The Balaban J connectivity index is 1.40. The fourth-order valence-electron chi connectivity index (χ4n) is 3.12. The maximum Gasteiger partial charge on any atom is 0.323 e. The number of halogens is 3. The molecular formula is C24H22F3N5O3. The van der Waals surface area contributed by atoms with Crippen LogP contribution in [0, 0.1) is 18.7 Å². The second-order valence-corrected chi connectivity index (χ2v) is 8.24. The number of rotatable bonds is 7. The maximum absolute atomic E-state index is 14.0. The fourth-order valence-corrected chi connectivity index (χ4v) is 3.12. The van der Waals surface area contributed by atoms with Crippen LogP contribution in [-0.4, -0.2) is 21.9 Å². The van der Waals surface area contributed by atoms with E-state index < -0.39 is 23.3 Å². The third kappa shape index (κ3) is 6.25. The minimum Gasteiger partial charge on any atom is -0.439 e. The molecule has 0 atom stereocenters. The fraction of sp³-hybridized carbons (Fsp3) is 0.250. The number of ether oxygens (including phenoxy) is 1. The number of benzene rings is 1. The van der Waals surface area contributed by atoms with Gasteiger partial charge in [0.05, 0.1) is 17.6 Å². The van der Waals surface area contributed by atoms with Gasteiger partial charge in [-0.2, -0.15) is 0 Å². The first-order valence-electron chi connectivity index (χ1n) is 10.8. The van der Waals surface area contributed by atoms with Crippen LogP contribution in [0.15, 0.2) is 48.8 Å². The minimum atomic E-state index is -3.19. The van der Waals surface area contributed by atoms with E-state index in [1.165, 1.54) is 12.4 Å². The molecule has 0 unspecified atom stereocenters. The van der Waals surface area contributed by atoms with Crippen molar-refractivity contribution in [1.82, 2.24) is 9.97 Å². The Kier molecular flexibility index (Phi) is 6.59. The van der Waals surface area contributed by atoms with Gasteiger partial charge in [-0.05, 0) is 43.5 Å². The van der Waals surface area contributed by atoms with Crippen molar-refractivity contribution in [2.24, 2.45) is 5.92 Å². The van der Waals surface area contributed by atoms with Crippen LogP contribution in [0.3, 0.4) is 0 Å². The number of aryl methyl sites for hydroxylation is 1. The van der Waals surface area contributed by atoms with E-state index in [2.05, 4.69) is 25.9 Å². The van der Waals surface area contributed by atoms with Crippen molar-refractivity contribution in [2.45, 2.75) is 32.6 Å². The molecule has 35 heavy (non-hydrogen) atoms. The highest BCUT2D eigenvalue weighted by Crippen LogP contribution is 2.31. The number of pyridine rings is 2. The molecule has 1 saturated carbocycles. The molecule has 0 radical (unpaired) electrons. The Labute approximate surface area is 198 Å². The zero-order valence-corrected chi connectivity index (χ0v) is 18.9. The molecule has 4 rings (SSSR count). The number of nitrogens with zero attached hydrogens (tertiary/aromatic N) is 2. The van der Waals surface area contributed by atoms with Gasteiger partial charge in [0.2, 0.25) is 11.8 Å². The molecule has 1 aromatic carbocycles. The molecule has 3 aromatic rings. The van der Waals surface area contributed by atoms with E-state index in [-0.39, 0.29) is 23.4 Å². The van der Waals surface area contributed by atoms with Crippen molar-refractivity contribution in [3.05, 3.63) is 65.7 Å². The minimum absolute atomic E-state index is 0.0379. The van der Waals surface area contributed by atoms with Crippen LogP contribution in [0.25, 0.3) is 0 Å². The topological polar surface area (TPSA) is 105 Å². The molecule has 0 saturated heterocycles. The first kappa shape index (κ1) is 24.0. The summed E-state index contributed by atoms with van der Waals surface area (Å²) in [4.78, 5) is 32.5. The number of anilines is 3. The van der Waals surface area contributed by atoms with E-state index in [4.69, 9.17) is 4.74 Å². The summed E-state index contributed by atoms with van der Waals surface area (Å²) < 4.78 is 46.7. The van der Waals surface area contributed by atoms with Crippen molar-refractivity contribution in [1.29, 1.82) is 0 Å². The first-order chi connectivity index (χ1) is 16.6. The molecule has 2 aromatic heterocycles. The van der Waals surface area contributed by atoms with E-state index >= 15 is 0 Å². The SMILES string of the molecule is Cc1cc(Oc2ccnc(NC(=O)C3CC3)c2)ncc1NC(=O)Nc1cc(C(C)(F)F)ccc1F. The van der Waals surface area contributed by atoms with Gasteiger partial charge in [0.1, 0.15) is 17.4 Å². The van der Waals surface area contributed by atoms with Gasteiger partial charge in [0, 0.05) is 36.7 Å². The van der Waals surface area contributed by atoms with Crippen molar-refractivity contribution >= 4 is 29.1 Å². The standard InChI is InChI=1S/C24H22F3N5O3/c1-13-9-21(35-16-7-8-28-20(11-16)32-22(33)14-3-4-14)29-12-19(13)31-23(34)30-18-10-15(24(2,26)27)5-6-17(18)25/h5-12,14H,3-4H2,1-2H3,(H,28,32,33)(H2,30,31,34). The Hall–Kier alpha value is -4.15. The molecule has 1 fully saturated rings. The number of carbonyl (C=O) groups is 2. The van der Waals surface area contributed by atoms with Crippen molar-refractivity contribution < 1.29 is 27.5 Å². The lowest BCUT2D eigenvalue weighted by Gasteiger charge is -2.14. The average molecular weight is 485 g/mol. The number of amides is 3. The van der Waals surface area contributed by atoms with Crippen LogP contribution in [0.5, 0.6) is 11.6 Å². The Morgan fingerprint density at radius 3 is 2.46 bits per heavy atom. The van der Waals surface area contributed by atoms with Crippen LogP contribution in [0.1, 0.15) is 30.9 Å². The van der Waals surface area contributed by atoms with Gasteiger partial charge in [-0.3, -0.25) is 4.79 Å². The summed E-state index contributed by atoms with van der Waals surface area (Å²) in [5, 5.41) is 7.47. The molecule has 182 valence electrons. The predicted octanol–water partition coefficient (Wildman–Crippen LogP) is 5.82. The maximum atomic E-state index is 14.0. The summed E-state index contributed by atoms with van der Waals surface area (Å²) in [5.41, 5.74) is 0.0735. The zero-order chi connectivity index (χ0) is 25.2. The number of alkyl halides is 2. The smallest absolute Gasteiger partial charge is 0.323 e. The largest absolute Gasteiger partial charge is 0.439 e. The first-order valence-corrected chi connectivity index (χ1v) is 10.8. The number of hydrogen-bond acceptors (Lipinski definition) is 5. The monoisotopic (exact) mass is 485 g/mol. The molecular weight excluding hydrogens is 463 g/mol. The van der Waals surface area contributed by atoms with Gasteiger partial charge in [-0.15, -0.1) is 0 Å². The average Bonchev–Trinajstić information content (AvgIpc) is 3.62. The molecule has 11 heteroatoms. The lowest BCUT2D eigenvalue weighted by molar-refractivity contribution is -0.117. The van der Waals surface area contributed by atoms with Gasteiger partial charge in [-0.25, -0.2) is 27.9 Å². The Morgan fingerprint density at radius 2 is 1.77 bits per heavy atom. The summed E-state index contributed by atoms with van der Waals surface area (Å²) in [5.74, 6) is -3.08. The zero-order valence-electron chi connectivity index (χ0n) is 18.9. The van der Waals surface area contributed by atoms with Gasteiger partial charge in [0.15, 0.2) is 0 Å². The predicted molar refractivity (Wildman–Crippen MR) is 123 cm³/mol. The van der Waals surface area contributed by atoms with E-state index in [1.54, 1.807) is 25.1 Å². The van der Waals surface area contributed by atoms with E-state index in [9.17, 15) is 22.8 Å². The molecule has 8 nitrogen and oxygen atoms in total. The number of carbonyl (C=O) groups excluding carboxylic acids is 2. The van der Waals surface area contributed by atoms with Crippen molar-refractivity contribution in [3.63, 3.8) is 0 Å². The molecule has 1 aliphatic rings. The number of nitrogens with one attached hydrogen (secondary N) is 3. The third-order valence-electron chi connectivity index (χ3n) is 5.21. The Bertz CT molecular complexity index is 1280. The van der Waals surface area contributed by atoms with Gasteiger partial charge >= 0.3 is 6.03 Å². The highest BCUT2D eigenvalue weighted by Gasteiger charge is 2.30.